The molecule has 1 aliphatic carbocycles. The third-order valence-electron chi connectivity index (χ3n) is 5.75. The number of carbonyl (C=O) groups is 1. The van der Waals surface area contributed by atoms with Gasteiger partial charge < -0.3 is 20.5 Å². The second kappa shape index (κ2) is 9.76. The SMILES string of the molecule is Cc1ccc(CNC(=O)C2CCCCC2(C)N)c(OCC2CCOC2)c1.Cl. The van der Waals surface area contributed by atoms with E-state index in [2.05, 4.69) is 18.3 Å². The van der Waals surface area contributed by atoms with Gasteiger partial charge in [0.05, 0.1) is 19.1 Å². The molecule has 0 radical (unpaired) electrons. The molecule has 1 aromatic rings. The summed E-state index contributed by atoms with van der Waals surface area (Å²) >= 11 is 0. The number of ether oxygens (including phenoxy) is 2. The Morgan fingerprint density at radius 3 is 2.89 bits per heavy atom. The van der Waals surface area contributed by atoms with Crippen molar-refractivity contribution in [2.45, 2.75) is 58.0 Å². The largest absolute Gasteiger partial charge is 0.493 e. The van der Waals surface area contributed by atoms with Crippen molar-refractivity contribution in [3.8, 4) is 5.75 Å². The predicted octanol–water partition coefficient (Wildman–Crippen LogP) is 3.36. The molecule has 1 amide bonds. The normalized spacial score (nSPS) is 27.7. The van der Waals surface area contributed by atoms with Crippen molar-refractivity contribution in [2.75, 3.05) is 19.8 Å². The fraction of sp³-hybridized carbons (Fsp3) is 0.667. The van der Waals surface area contributed by atoms with Crippen molar-refractivity contribution in [3.63, 3.8) is 0 Å². The Morgan fingerprint density at radius 2 is 2.19 bits per heavy atom. The maximum atomic E-state index is 12.7. The molecule has 0 spiro atoms. The third-order valence-corrected chi connectivity index (χ3v) is 5.75. The summed E-state index contributed by atoms with van der Waals surface area (Å²) in [6, 6.07) is 6.14. The fourth-order valence-electron chi connectivity index (χ4n) is 3.96. The van der Waals surface area contributed by atoms with Gasteiger partial charge in [0.2, 0.25) is 5.91 Å². The van der Waals surface area contributed by atoms with Crippen molar-refractivity contribution >= 4 is 18.3 Å². The summed E-state index contributed by atoms with van der Waals surface area (Å²) in [5.74, 6) is 1.27. The van der Waals surface area contributed by atoms with Crippen molar-refractivity contribution in [3.05, 3.63) is 29.3 Å². The molecule has 6 heteroatoms. The highest BCUT2D eigenvalue weighted by molar-refractivity contribution is 5.85. The average molecular weight is 397 g/mol. The molecule has 1 aliphatic heterocycles. The predicted molar refractivity (Wildman–Crippen MR) is 109 cm³/mol. The van der Waals surface area contributed by atoms with E-state index in [0.29, 0.717) is 19.1 Å². The number of carbonyl (C=O) groups excluding carboxylic acids is 1. The van der Waals surface area contributed by atoms with Crippen LogP contribution >= 0.6 is 12.4 Å². The molecule has 1 saturated carbocycles. The number of rotatable bonds is 6. The quantitative estimate of drug-likeness (QED) is 0.773. The lowest BCUT2D eigenvalue weighted by atomic mass is 9.74. The van der Waals surface area contributed by atoms with E-state index >= 15 is 0 Å². The van der Waals surface area contributed by atoms with Crippen molar-refractivity contribution in [1.29, 1.82) is 0 Å². The number of halogens is 1. The highest BCUT2D eigenvalue weighted by Gasteiger charge is 2.37. The van der Waals surface area contributed by atoms with E-state index in [1.165, 1.54) is 0 Å². The molecule has 2 fully saturated rings. The van der Waals surface area contributed by atoms with Crippen molar-refractivity contribution < 1.29 is 14.3 Å². The average Bonchev–Trinajstić information content (AvgIpc) is 3.12. The Bertz CT molecular complexity index is 630. The number of amides is 1. The van der Waals surface area contributed by atoms with Crippen LogP contribution in [0.25, 0.3) is 0 Å². The number of nitrogens with one attached hydrogen (secondary N) is 1. The molecule has 1 heterocycles. The van der Waals surface area contributed by atoms with E-state index in [9.17, 15) is 4.79 Å². The molecule has 0 bridgehead atoms. The second-order valence-electron chi connectivity index (χ2n) is 8.17. The molecular formula is C21H33ClN2O3. The van der Waals surface area contributed by atoms with Crippen LogP contribution in [-0.4, -0.2) is 31.3 Å². The van der Waals surface area contributed by atoms with E-state index in [1.807, 2.05) is 19.1 Å². The van der Waals surface area contributed by atoms with E-state index in [0.717, 1.165) is 62.2 Å². The molecule has 1 saturated heterocycles. The van der Waals surface area contributed by atoms with Gasteiger partial charge in [-0.15, -0.1) is 12.4 Å². The summed E-state index contributed by atoms with van der Waals surface area (Å²) in [7, 11) is 0. The lowest BCUT2D eigenvalue weighted by Crippen LogP contribution is -2.52. The molecule has 27 heavy (non-hydrogen) atoms. The first-order chi connectivity index (χ1) is 12.5. The summed E-state index contributed by atoms with van der Waals surface area (Å²) in [5.41, 5.74) is 8.12. The molecule has 3 unspecified atom stereocenters. The first-order valence-electron chi connectivity index (χ1n) is 9.82. The monoisotopic (exact) mass is 396 g/mol. The van der Waals surface area contributed by atoms with Crippen LogP contribution in [0.2, 0.25) is 0 Å². The lowest BCUT2D eigenvalue weighted by Gasteiger charge is -2.37. The van der Waals surface area contributed by atoms with Crippen LogP contribution in [0.4, 0.5) is 0 Å². The molecule has 1 aromatic carbocycles. The number of aryl methyl sites for hydroxylation is 1. The van der Waals surface area contributed by atoms with Gasteiger partial charge in [-0.1, -0.05) is 25.0 Å². The van der Waals surface area contributed by atoms with Gasteiger partial charge in [-0.25, -0.2) is 0 Å². The zero-order chi connectivity index (χ0) is 18.6. The van der Waals surface area contributed by atoms with Gasteiger partial charge in [0.15, 0.2) is 0 Å². The van der Waals surface area contributed by atoms with Crippen LogP contribution < -0.4 is 15.8 Å². The lowest BCUT2D eigenvalue weighted by molar-refractivity contribution is -0.128. The first-order valence-corrected chi connectivity index (χ1v) is 9.82. The molecule has 2 aliphatic rings. The highest BCUT2D eigenvalue weighted by Crippen LogP contribution is 2.32. The summed E-state index contributed by atoms with van der Waals surface area (Å²) in [6.07, 6.45) is 5.02. The molecule has 3 rings (SSSR count). The maximum Gasteiger partial charge on any atom is 0.225 e. The Labute approximate surface area is 168 Å². The van der Waals surface area contributed by atoms with E-state index < -0.39 is 5.54 Å². The summed E-state index contributed by atoms with van der Waals surface area (Å²) < 4.78 is 11.5. The Morgan fingerprint density at radius 1 is 1.37 bits per heavy atom. The molecule has 152 valence electrons. The number of hydrogen-bond acceptors (Lipinski definition) is 4. The van der Waals surface area contributed by atoms with Crippen molar-refractivity contribution in [1.82, 2.24) is 5.32 Å². The zero-order valence-electron chi connectivity index (χ0n) is 16.5. The Balaban J connectivity index is 0.00000261. The standard InChI is InChI=1S/C21H32N2O3.ClH/c1-15-6-7-17(19(11-15)26-14-16-8-10-25-13-16)12-23-20(24)18-5-3-4-9-21(18,2)22;/h6-7,11,16,18H,3-5,8-10,12-14,22H2,1-2H3,(H,23,24);1H. The van der Waals surface area contributed by atoms with E-state index in [1.54, 1.807) is 0 Å². The van der Waals surface area contributed by atoms with Gasteiger partial charge in [0.25, 0.3) is 0 Å². The number of nitrogens with two attached hydrogens (primary N) is 1. The molecule has 3 atom stereocenters. The Hall–Kier alpha value is -1.30. The topological polar surface area (TPSA) is 73.6 Å². The van der Waals surface area contributed by atoms with Crippen LogP contribution in [-0.2, 0) is 16.1 Å². The molecular weight excluding hydrogens is 364 g/mol. The van der Waals surface area contributed by atoms with Gasteiger partial charge >= 0.3 is 0 Å². The molecule has 5 nitrogen and oxygen atoms in total. The smallest absolute Gasteiger partial charge is 0.225 e. The molecule has 0 aromatic heterocycles. The Kier molecular flexibility index (Phi) is 7.95. The van der Waals surface area contributed by atoms with Crippen LogP contribution in [0, 0.1) is 18.8 Å². The van der Waals surface area contributed by atoms with Crippen LogP contribution in [0.3, 0.4) is 0 Å². The van der Waals surface area contributed by atoms with Crippen LogP contribution in [0.15, 0.2) is 18.2 Å². The number of hydrogen-bond donors (Lipinski definition) is 2. The fourth-order valence-corrected chi connectivity index (χ4v) is 3.96. The van der Waals surface area contributed by atoms with Crippen molar-refractivity contribution in [2.24, 2.45) is 17.6 Å². The van der Waals surface area contributed by atoms with Gasteiger partial charge in [0.1, 0.15) is 5.75 Å². The minimum Gasteiger partial charge on any atom is -0.493 e. The highest BCUT2D eigenvalue weighted by atomic mass is 35.5. The first kappa shape index (κ1) is 22.0. The summed E-state index contributed by atoms with van der Waals surface area (Å²) in [5, 5.41) is 3.09. The minimum absolute atomic E-state index is 0. The van der Waals surface area contributed by atoms with Crippen LogP contribution in [0.1, 0.15) is 50.2 Å². The van der Waals surface area contributed by atoms with Crippen LogP contribution in [0.5, 0.6) is 5.75 Å². The molecule has 3 N–H and O–H groups in total. The van der Waals surface area contributed by atoms with E-state index in [-0.39, 0.29) is 24.2 Å². The van der Waals surface area contributed by atoms with Gasteiger partial charge in [-0.3, -0.25) is 4.79 Å². The third kappa shape index (κ3) is 5.84. The summed E-state index contributed by atoms with van der Waals surface area (Å²) in [4.78, 5) is 12.7. The maximum absolute atomic E-state index is 12.7. The second-order valence-corrected chi connectivity index (χ2v) is 8.17. The van der Waals surface area contributed by atoms with Gasteiger partial charge in [0, 0.05) is 30.2 Å². The van der Waals surface area contributed by atoms with Gasteiger partial charge in [-0.2, -0.15) is 0 Å². The van der Waals surface area contributed by atoms with Gasteiger partial charge in [-0.05, 0) is 44.7 Å². The number of benzene rings is 1. The van der Waals surface area contributed by atoms with E-state index in [4.69, 9.17) is 15.2 Å². The zero-order valence-corrected chi connectivity index (χ0v) is 17.3. The minimum atomic E-state index is -0.405. The summed E-state index contributed by atoms with van der Waals surface area (Å²) in [6.45, 7) is 6.78.